The van der Waals surface area contributed by atoms with Crippen LogP contribution in [-0.4, -0.2) is 10.7 Å². The fourth-order valence-corrected chi connectivity index (χ4v) is 7.54. The van der Waals surface area contributed by atoms with E-state index in [0.29, 0.717) is 5.41 Å². The highest BCUT2D eigenvalue weighted by atomic mass is 16.3. The quantitative estimate of drug-likeness (QED) is 0.652. The molecule has 4 rings (SSSR count). The fourth-order valence-electron chi connectivity index (χ4n) is 7.54. The molecule has 4 fully saturated rings. The Bertz CT molecular complexity index is 428. The Balaban J connectivity index is 1.66. The van der Waals surface area contributed by atoms with Gasteiger partial charge in [-0.1, -0.05) is 26.7 Å². The van der Waals surface area contributed by atoms with Gasteiger partial charge in [0.05, 0.1) is 5.60 Å². The number of aliphatic hydroxyl groups is 1. The van der Waals surface area contributed by atoms with Crippen molar-refractivity contribution in [2.24, 2.45) is 34.5 Å². The van der Waals surface area contributed by atoms with Gasteiger partial charge in [-0.3, -0.25) is 0 Å². The van der Waals surface area contributed by atoms with E-state index in [-0.39, 0.29) is 5.41 Å². The smallest absolute Gasteiger partial charge is 0.0675 e. The molecule has 4 saturated carbocycles. The molecule has 0 aromatic heterocycles. The summed E-state index contributed by atoms with van der Waals surface area (Å²) in [6.07, 6.45) is 13.9. The second kappa shape index (κ2) is 4.49. The molecule has 1 N–H and O–H groups in total. The van der Waals surface area contributed by atoms with E-state index in [1.807, 2.05) is 0 Å². The number of rotatable bonds is 0. The van der Waals surface area contributed by atoms with E-state index >= 15 is 0 Å². The SMILES string of the molecule is C[C@@]12CCCC[C@@H]1CC[C@H]1[C@H]3CC[C@@](C)(O)[C@]3(C)CC[C@@H]12. The molecule has 0 bridgehead atoms. The van der Waals surface area contributed by atoms with E-state index in [1.165, 1.54) is 57.8 Å². The first-order valence-electron chi connectivity index (χ1n) is 9.61. The van der Waals surface area contributed by atoms with E-state index in [9.17, 15) is 5.11 Å². The molecule has 4 aliphatic carbocycles. The van der Waals surface area contributed by atoms with E-state index in [0.717, 1.165) is 30.1 Å². The zero-order valence-electron chi connectivity index (χ0n) is 14.3. The highest BCUT2D eigenvalue weighted by Gasteiger charge is 2.62. The van der Waals surface area contributed by atoms with Crippen LogP contribution in [0.15, 0.2) is 0 Å². The minimum atomic E-state index is -0.410. The van der Waals surface area contributed by atoms with Gasteiger partial charge in [0.1, 0.15) is 0 Å². The molecule has 0 heterocycles. The average Bonchev–Trinajstić information content (AvgIpc) is 2.69. The highest BCUT2D eigenvalue weighted by molar-refractivity contribution is 5.12. The van der Waals surface area contributed by atoms with Crippen molar-refractivity contribution in [1.29, 1.82) is 0 Å². The zero-order chi connectivity index (χ0) is 14.9. The largest absolute Gasteiger partial charge is 0.390 e. The second-order valence-electron chi connectivity index (χ2n) is 9.67. The lowest BCUT2D eigenvalue weighted by Crippen LogP contribution is -2.55. The summed E-state index contributed by atoms with van der Waals surface area (Å²) < 4.78 is 0. The lowest BCUT2D eigenvalue weighted by molar-refractivity contribution is -0.145. The summed E-state index contributed by atoms with van der Waals surface area (Å²) in [6.45, 7) is 7.18. The van der Waals surface area contributed by atoms with Crippen LogP contribution in [0.3, 0.4) is 0 Å². The maximum Gasteiger partial charge on any atom is 0.0675 e. The Labute approximate surface area is 130 Å². The van der Waals surface area contributed by atoms with Crippen LogP contribution in [-0.2, 0) is 0 Å². The van der Waals surface area contributed by atoms with Crippen molar-refractivity contribution in [2.75, 3.05) is 0 Å². The summed E-state index contributed by atoms with van der Waals surface area (Å²) in [5, 5.41) is 10.9. The molecule has 120 valence electrons. The molecule has 0 radical (unpaired) electrons. The van der Waals surface area contributed by atoms with E-state index in [1.54, 1.807) is 0 Å². The average molecular weight is 290 g/mol. The van der Waals surface area contributed by atoms with Gasteiger partial charge in [0, 0.05) is 0 Å². The molecule has 21 heavy (non-hydrogen) atoms. The van der Waals surface area contributed by atoms with Gasteiger partial charge < -0.3 is 5.11 Å². The Kier molecular flexibility index (Phi) is 3.11. The summed E-state index contributed by atoms with van der Waals surface area (Å²) in [6, 6.07) is 0. The fraction of sp³-hybridized carbons (Fsp3) is 1.00. The third-order valence-corrected chi connectivity index (χ3v) is 9.15. The predicted molar refractivity (Wildman–Crippen MR) is 87.0 cm³/mol. The molecule has 0 spiro atoms. The Morgan fingerprint density at radius 1 is 0.762 bits per heavy atom. The molecule has 0 saturated heterocycles. The molecule has 0 aliphatic heterocycles. The first-order chi connectivity index (χ1) is 9.88. The third-order valence-electron chi connectivity index (χ3n) is 9.15. The Hall–Kier alpha value is -0.0400. The Morgan fingerprint density at radius 3 is 2.33 bits per heavy atom. The van der Waals surface area contributed by atoms with Crippen molar-refractivity contribution in [3.8, 4) is 0 Å². The van der Waals surface area contributed by atoms with Crippen molar-refractivity contribution in [2.45, 2.75) is 90.6 Å². The molecular formula is C20H34O. The number of hydrogen-bond donors (Lipinski definition) is 1. The third kappa shape index (κ3) is 1.79. The first-order valence-corrected chi connectivity index (χ1v) is 9.61. The summed E-state index contributed by atoms with van der Waals surface area (Å²) in [4.78, 5) is 0. The van der Waals surface area contributed by atoms with E-state index < -0.39 is 5.60 Å². The minimum Gasteiger partial charge on any atom is -0.390 e. The minimum absolute atomic E-state index is 0.200. The number of hydrogen-bond acceptors (Lipinski definition) is 1. The summed E-state index contributed by atoms with van der Waals surface area (Å²) in [7, 11) is 0. The monoisotopic (exact) mass is 290 g/mol. The van der Waals surface area contributed by atoms with Crippen molar-refractivity contribution in [3.05, 3.63) is 0 Å². The maximum atomic E-state index is 10.9. The van der Waals surface area contributed by atoms with Gasteiger partial charge in [0.2, 0.25) is 0 Å². The van der Waals surface area contributed by atoms with Gasteiger partial charge in [0.25, 0.3) is 0 Å². The summed E-state index contributed by atoms with van der Waals surface area (Å²) in [5.74, 6) is 3.69. The Morgan fingerprint density at radius 2 is 1.52 bits per heavy atom. The van der Waals surface area contributed by atoms with Gasteiger partial charge in [0.15, 0.2) is 0 Å². The molecule has 4 aliphatic rings. The van der Waals surface area contributed by atoms with Crippen LogP contribution >= 0.6 is 0 Å². The molecule has 7 atom stereocenters. The highest BCUT2D eigenvalue weighted by Crippen LogP contribution is 2.68. The molecule has 0 aromatic carbocycles. The molecular weight excluding hydrogens is 256 g/mol. The standard InChI is InChI=1S/C20H34O/c1-18-11-5-4-6-14(18)7-8-15-16(18)9-12-19(2)17(15)10-13-20(19,3)21/h14-17,21H,4-13H2,1-3H3/t14-,15-,16+,17-,18-,19-,20-/m1/s1. The summed E-state index contributed by atoms with van der Waals surface area (Å²) in [5.41, 5.74) is 0.427. The maximum absolute atomic E-state index is 10.9. The van der Waals surface area contributed by atoms with Crippen LogP contribution in [0.2, 0.25) is 0 Å². The van der Waals surface area contributed by atoms with E-state index in [2.05, 4.69) is 20.8 Å². The topological polar surface area (TPSA) is 20.2 Å². The normalized spacial score (nSPS) is 60.0. The van der Waals surface area contributed by atoms with Crippen LogP contribution in [0.1, 0.15) is 85.0 Å². The van der Waals surface area contributed by atoms with Gasteiger partial charge in [-0.15, -0.1) is 0 Å². The van der Waals surface area contributed by atoms with Crippen LogP contribution in [0.25, 0.3) is 0 Å². The van der Waals surface area contributed by atoms with Gasteiger partial charge in [-0.05, 0) is 92.8 Å². The van der Waals surface area contributed by atoms with Crippen molar-refractivity contribution in [1.82, 2.24) is 0 Å². The molecule has 0 amide bonds. The predicted octanol–water partition coefficient (Wildman–Crippen LogP) is 5.17. The zero-order valence-corrected chi connectivity index (χ0v) is 14.3. The van der Waals surface area contributed by atoms with Gasteiger partial charge in [-0.2, -0.15) is 0 Å². The molecule has 1 heteroatoms. The van der Waals surface area contributed by atoms with Crippen LogP contribution in [0, 0.1) is 34.5 Å². The van der Waals surface area contributed by atoms with Crippen LogP contribution in [0.4, 0.5) is 0 Å². The lowest BCUT2D eigenvalue weighted by atomic mass is 9.44. The van der Waals surface area contributed by atoms with Crippen LogP contribution < -0.4 is 0 Å². The lowest BCUT2D eigenvalue weighted by Gasteiger charge is -2.61. The number of fused-ring (bicyclic) bond motifs is 5. The summed E-state index contributed by atoms with van der Waals surface area (Å²) >= 11 is 0. The van der Waals surface area contributed by atoms with Crippen molar-refractivity contribution in [3.63, 3.8) is 0 Å². The molecule has 1 nitrogen and oxygen atoms in total. The second-order valence-corrected chi connectivity index (χ2v) is 9.67. The first kappa shape index (κ1) is 14.5. The molecule has 0 aromatic rings. The van der Waals surface area contributed by atoms with Gasteiger partial charge >= 0.3 is 0 Å². The van der Waals surface area contributed by atoms with Gasteiger partial charge in [-0.25, -0.2) is 0 Å². The van der Waals surface area contributed by atoms with Crippen molar-refractivity contribution >= 4 is 0 Å². The van der Waals surface area contributed by atoms with Crippen molar-refractivity contribution < 1.29 is 5.11 Å². The van der Waals surface area contributed by atoms with E-state index in [4.69, 9.17) is 0 Å². The van der Waals surface area contributed by atoms with Crippen LogP contribution in [0.5, 0.6) is 0 Å². The molecule has 0 unspecified atom stereocenters.